The van der Waals surface area contributed by atoms with Gasteiger partial charge in [-0.25, -0.2) is 8.78 Å². The van der Waals surface area contributed by atoms with Crippen LogP contribution in [0, 0.1) is 11.6 Å². The summed E-state index contributed by atoms with van der Waals surface area (Å²) in [5, 5.41) is 0. The molecule has 2 aromatic carbocycles. The van der Waals surface area contributed by atoms with Crippen molar-refractivity contribution in [3.05, 3.63) is 71.3 Å². The van der Waals surface area contributed by atoms with E-state index in [2.05, 4.69) is 0 Å². The second kappa shape index (κ2) is 7.53. The minimum atomic E-state index is -0.543. The Morgan fingerprint density at radius 3 is 2.54 bits per heavy atom. The molecule has 0 N–H and O–H groups in total. The van der Waals surface area contributed by atoms with Gasteiger partial charge >= 0.3 is 0 Å². The fraction of sp³-hybridized carbons (Fsp3) is 0.316. The molecule has 1 heterocycles. The Hall–Kier alpha value is -2.27. The first kappa shape index (κ1) is 16.6. The van der Waals surface area contributed by atoms with Crippen molar-refractivity contribution in [2.45, 2.75) is 25.5 Å². The van der Waals surface area contributed by atoms with Gasteiger partial charge in [0.25, 0.3) is 5.91 Å². The molecule has 126 valence electrons. The monoisotopic (exact) mass is 331 g/mol. The van der Waals surface area contributed by atoms with E-state index in [9.17, 15) is 13.6 Å². The molecule has 1 amide bonds. The predicted octanol–water partition coefficient (Wildman–Crippen LogP) is 3.79. The number of nitrogens with zero attached hydrogens (tertiary/aromatic N) is 1. The standard InChI is InChI=1S/C19H19F2NO2/c20-15-9-7-14(8-10-15)12-22(13-16-4-3-11-24-16)19(23)17-5-1-2-6-18(17)21/h1-2,5-10,16H,3-4,11-13H2. The molecular formula is C19H19F2NO2. The van der Waals surface area contributed by atoms with Crippen LogP contribution in [0.15, 0.2) is 48.5 Å². The Bertz CT molecular complexity index is 697. The summed E-state index contributed by atoms with van der Waals surface area (Å²) in [7, 11) is 0. The molecule has 24 heavy (non-hydrogen) atoms. The van der Waals surface area contributed by atoms with Crippen LogP contribution in [0.4, 0.5) is 8.78 Å². The molecule has 1 aliphatic rings. The smallest absolute Gasteiger partial charge is 0.257 e. The topological polar surface area (TPSA) is 29.5 Å². The van der Waals surface area contributed by atoms with Gasteiger partial charge in [0.15, 0.2) is 0 Å². The summed E-state index contributed by atoms with van der Waals surface area (Å²) in [6.45, 7) is 1.36. The first-order valence-electron chi connectivity index (χ1n) is 8.03. The van der Waals surface area contributed by atoms with Crippen molar-refractivity contribution >= 4 is 5.91 Å². The fourth-order valence-electron chi connectivity index (χ4n) is 2.87. The molecular weight excluding hydrogens is 312 g/mol. The lowest BCUT2D eigenvalue weighted by molar-refractivity contribution is 0.0503. The lowest BCUT2D eigenvalue weighted by Gasteiger charge is -2.26. The van der Waals surface area contributed by atoms with E-state index in [1.165, 1.54) is 24.3 Å². The molecule has 1 atom stereocenters. The Morgan fingerprint density at radius 1 is 1.12 bits per heavy atom. The van der Waals surface area contributed by atoms with E-state index in [4.69, 9.17) is 4.74 Å². The third-order valence-corrected chi connectivity index (χ3v) is 4.13. The van der Waals surface area contributed by atoms with Crippen molar-refractivity contribution in [3.63, 3.8) is 0 Å². The highest BCUT2D eigenvalue weighted by atomic mass is 19.1. The van der Waals surface area contributed by atoms with E-state index in [0.29, 0.717) is 13.2 Å². The fourth-order valence-corrected chi connectivity index (χ4v) is 2.87. The summed E-state index contributed by atoms with van der Waals surface area (Å²) in [5.41, 5.74) is 0.830. The van der Waals surface area contributed by atoms with Crippen molar-refractivity contribution in [2.24, 2.45) is 0 Å². The first-order valence-corrected chi connectivity index (χ1v) is 8.03. The zero-order chi connectivity index (χ0) is 16.9. The Kier molecular flexibility index (Phi) is 5.20. The zero-order valence-corrected chi connectivity index (χ0v) is 13.3. The van der Waals surface area contributed by atoms with Gasteiger partial charge in [-0.05, 0) is 42.7 Å². The van der Waals surface area contributed by atoms with Gasteiger partial charge in [0.1, 0.15) is 11.6 Å². The normalized spacial score (nSPS) is 17.0. The van der Waals surface area contributed by atoms with Gasteiger partial charge in [-0.2, -0.15) is 0 Å². The molecule has 1 fully saturated rings. The molecule has 3 nitrogen and oxygen atoms in total. The van der Waals surface area contributed by atoms with E-state index in [-0.39, 0.29) is 29.9 Å². The van der Waals surface area contributed by atoms with E-state index in [1.807, 2.05) is 0 Å². The van der Waals surface area contributed by atoms with E-state index < -0.39 is 5.82 Å². The Morgan fingerprint density at radius 2 is 1.88 bits per heavy atom. The molecule has 1 saturated heterocycles. The van der Waals surface area contributed by atoms with Crippen LogP contribution in [0.1, 0.15) is 28.8 Å². The number of carbonyl (C=O) groups is 1. The van der Waals surface area contributed by atoms with Crippen LogP contribution >= 0.6 is 0 Å². The van der Waals surface area contributed by atoms with Crippen LogP contribution in [-0.2, 0) is 11.3 Å². The van der Waals surface area contributed by atoms with Crippen molar-refractivity contribution in [3.8, 4) is 0 Å². The third kappa shape index (κ3) is 3.97. The quantitative estimate of drug-likeness (QED) is 0.834. The lowest BCUT2D eigenvalue weighted by Crippen LogP contribution is -2.37. The summed E-state index contributed by atoms with van der Waals surface area (Å²) in [6, 6.07) is 11.9. The molecule has 0 radical (unpaired) electrons. The molecule has 0 aromatic heterocycles. The Balaban J connectivity index is 1.81. The lowest BCUT2D eigenvalue weighted by atomic mass is 10.1. The minimum absolute atomic E-state index is 0.0395. The molecule has 0 aliphatic carbocycles. The van der Waals surface area contributed by atoms with Crippen LogP contribution in [0.25, 0.3) is 0 Å². The first-order chi connectivity index (χ1) is 11.6. The SMILES string of the molecule is O=C(c1ccccc1F)N(Cc1ccc(F)cc1)CC1CCCO1. The van der Waals surface area contributed by atoms with Gasteiger partial charge < -0.3 is 9.64 Å². The molecule has 3 rings (SSSR count). The predicted molar refractivity (Wildman–Crippen MR) is 86.5 cm³/mol. The van der Waals surface area contributed by atoms with Gasteiger partial charge in [0.05, 0.1) is 11.7 Å². The average molecular weight is 331 g/mol. The number of hydrogen-bond acceptors (Lipinski definition) is 2. The molecule has 5 heteroatoms. The summed E-state index contributed by atoms with van der Waals surface area (Å²) < 4.78 is 32.7. The van der Waals surface area contributed by atoms with Gasteiger partial charge in [0.2, 0.25) is 0 Å². The van der Waals surface area contributed by atoms with Crippen molar-refractivity contribution in [2.75, 3.05) is 13.2 Å². The molecule has 1 aliphatic heterocycles. The second-order valence-corrected chi connectivity index (χ2v) is 5.93. The van der Waals surface area contributed by atoms with E-state index >= 15 is 0 Å². The van der Waals surface area contributed by atoms with Crippen molar-refractivity contribution in [1.82, 2.24) is 4.90 Å². The van der Waals surface area contributed by atoms with Crippen LogP contribution in [-0.4, -0.2) is 30.1 Å². The van der Waals surface area contributed by atoms with Gasteiger partial charge in [0, 0.05) is 19.7 Å². The molecule has 0 bridgehead atoms. The van der Waals surface area contributed by atoms with Crippen LogP contribution in [0.2, 0.25) is 0 Å². The van der Waals surface area contributed by atoms with E-state index in [1.54, 1.807) is 29.2 Å². The highest BCUT2D eigenvalue weighted by Gasteiger charge is 2.25. The number of rotatable bonds is 5. The third-order valence-electron chi connectivity index (χ3n) is 4.13. The van der Waals surface area contributed by atoms with Gasteiger partial charge in [-0.15, -0.1) is 0 Å². The summed E-state index contributed by atoms with van der Waals surface area (Å²) in [6.07, 6.45) is 1.80. The molecule has 0 saturated carbocycles. The molecule has 0 spiro atoms. The minimum Gasteiger partial charge on any atom is -0.376 e. The number of benzene rings is 2. The van der Waals surface area contributed by atoms with Crippen LogP contribution in [0.3, 0.4) is 0 Å². The Labute approximate surface area is 139 Å². The summed E-state index contributed by atoms with van der Waals surface area (Å²) in [4.78, 5) is 14.4. The van der Waals surface area contributed by atoms with Gasteiger partial charge in [-0.1, -0.05) is 24.3 Å². The molecule has 1 unspecified atom stereocenters. The largest absolute Gasteiger partial charge is 0.376 e. The summed E-state index contributed by atoms with van der Waals surface area (Å²) in [5.74, 6) is -1.25. The number of carbonyl (C=O) groups excluding carboxylic acids is 1. The maximum Gasteiger partial charge on any atom is 0.257 e. The van der Waals surface area contributed by atoms with Gasteiger partial charge in [-0.3, -0.25) is 4.79 Å². The maximum absolute atomic E-state index is 14.0. The van der Waals surface area contributed by atoms with E-state index in [0.717, 1.165) is 18.4 Å². The van der Waals surface area contributed by atoms with Crippen LogP contribution in [0.5, 0.6) is 0 Å². The summed E-state index contributed by atoms with van der Waals surface area (Å²) >= 11 is 0. The number of hydrogen-bond donors (Lipinski definition) is 0. The maximum atomic E-state index is 14.0. The van der Waals surface area contributed by atoms with Crippen molar-refractivity contribution < 1.29 is 18.3 Å². The highest BCUT2D eigenvalue weighted by Crippen LogP contribution is 2.18. The highest BCUT2D eigenvalue weighted by molar-refractivity contribution is 5.94. The zero-order valence-electron chi connectivity index (χ0n) is 13.3. The van der Waals surface area contributed by atoms with Crippen molar-refractivity contribution in [1.29, 1.82) is 0 Å². The average Bonchev–Trinajstić information content (AvgIpc) is 3.09. The second-order valence-electron chi connectivity index (χ2n) is 5.93. The van der Waals surface area contributed by atoms with Crippen LogP contribution < -0.4 is 0 Å². The number of halogens is 2. The molecule has 2 aromatic rings. The number of amides is 1. The number of ether oxygens (including phenoxy) is 1.